The third-order valence-corrected chi connectivity index (χ3v) is 3.25. The Balaban J connectivity index is 1.87. The molecule has 1 aromatic heterocycles. The van der Waals surface area contributed by atoms with Gasteiger partial charge in [0.2, 0.25) is 0 Å². The van der Waals surface area contributed by atoms with E-state index in [1.165, 1.54) is 0 Å². The molecule has 0 aliphatic carbocycles. The molecule has 0 spiro atoms. The molecule has 0 saturated carbocycles. The van der Waals surface area contributed by atoms with Crippen molar-refractivity contribution in [1.82, 2.24) is 15.1 Å². The largest absolute Gasteiger partial charge is 0.481 e. The normalized spacial score (nSPS) is 10.4. The van der Waals surface area contributed by atoms with E-state index in [4.69, 9.17) is 5.11 Å². The first-order valence-electron chi connectivity index (χ1n) is 7.27. The van der Waals surface area contributed by atoms with Gasteiger partial charge in [-0.15, -0.1) is 0 Å². The number of hydrogen-bond acceptors (Lipinski definition) is 3. The summed E-state index contributed by atoms with van der Waals surface area (Å²) in [6.45, 7) is 0.534. The lowest BCUT2D eigenvalue weighted by Crippen LogP contribution is -2.25. The number of unbranched alkanes of at least 4 members (excludes halogenated alkanes) is 2. The fourth-order valence-electron chi connectivity index (χ4n) is 2.15. The highest BCUT2D eigenvalue weighted by Crippen LogP contribution is 2.13. The minimum Gasteiger partial charge on any atom is -0.481 e. The highest BCUT2D eigenvalue weighted by Gasteiger charge is 2.11. The molecule has 2 N–H and O–H groups in total. The number of aromatic nitrogens is 2. The molecule has 22 heavy (non-hydrogen) atoms. The Morgan fingerprint density at radius 1 is 1.14 bits per heavy atom. The van der Waals surface area contributed by atoms with Gasteiger partial charge < -0.3 is 10.4 Å². The molecule has 6 heteroatoms. The molecule has 0 atom stereocenters. The minimum atomic E-state index is -0.780. The number of carboxylic acid groups (broad SMARTS) is 1. The number of rotatable bonds is 8. The zero-order valence-corrected chi connectivity index (χ0v) is 12.2. The summed E-state index contributed by atoms with van der Waals surface area (Å²) in [5.41, 5.74) is 1.30. The van der Waals surface area contributed by atoms with E-state index in [1.54, 1.807) is 29.2 Å². The third kappa shape index (κ3) is 4.44. The van der Waals surface area contributed by atoms with E-state index in [0.717, 1.165) is 18.5 Å². The van der Waals surface area contributed by atoms with Gasteiger partial charge in [-0.1, -0.05) is 18.6 Å². The van der Waals surface area contributed by atoms with Crippen LogP contribution in [-0.4, -0.2) is 33.3 Å². The van der Waals surface area contributed by atoms with Crippen LogP contribution < -0.4 is 5.32 Å². The number of carbonyl (C=O) groups excluding carboxylic acids is 1. The van der Waals surface area contributed by atoms with Gasteiger partial charge in [-0.2, -0.15) is 5.10 Å². The van der Waals surface area contributed by atoms with Gasteiger partial charge in [0, 0.05) is 25.4 Å². The molecule has 1 amide bonds. The van der Waals surface area contributed by atoms with E-state index in [2.05, 4.69) is 10.4 Å². The third-order valence-electron chi connectivity index (χ3n) is 3.25. The van der Waals surface area contributed by atoms with Gasteiger partial charge in [0.1, 0.15) is 0 Å². The Morgan fingerprint density at radius 3 is 2.68 bits per heavy atom. The molecule has 1 heterocycles. The molecule has 6 nitrogen and oxygen atoms in total. The predicted octanol–water partition coefficient (Wildman–Crippen LogP) is 2.25. The Kier molecular flexibility index (Phi) is 5.71. The number of nitrogens with one attached hydrogen (secondary N) is 1. The van der Waals surface area contributed by atoms with Crippen molar-refractivity contribution in [2.45, 2.75) is 25.7 Å². The van der Waals surface area contributed by atoms with Gasteiger partial charge in [-0.3, -0.25) is 9.59 Å². The number of carboxylic acids is 1. The van der Waals surface area contributed by atoms with E-state index in [0.29, 0.717) is 18.5 Å². The lowest BCUT2D eigenvalue weighted by atomic mass is 10.1. The number of benzene rings is 1. The highest BCUT2D eigenvalue weighted by atomic mass is 16.4. The number of carbonyl (C=O) groups is 2. The SMILES string of the molecule is O=C(O)CCCCCNC(=O)c1ccccc1-n1cccn1. The maximum Gasteiger partial charge on any atom is 0.303 e. The molecular weight excluding hydrogens is 282 g/mol. The number of amides is 1. The first-order valence-corrected chi connectivity index (χ1v) is 7.27. The Hall–Kier alpha value is -2.63. The number of para-hydroxylation sites is 1. The minimum absolute atomic E-state index is 0.149. The summed E-state index contributed by atoms with van der Waals surface area (Å²) in [6, 6.07) is 9.08. The van der Waals surface area contributed by atoms with Crippen molar-refractivity contribution < 1.29 is 14.7 Å². The van der Waals surface area contributed by atoms with E-state index in [1.807, 2.05) is 18.2 Å². The van der Waals surface area contributed by atoms with Gasteiger partial charge >= 0.3 is 5.97 Å². The van der Waals surface area contributed by atoms with Crippen molar-refractivity contribution >= 4 is 11.9 Å². The van der Waals surface area contributed by atoms with Gasteiger partial charge in [0.05, 0.1) is 11.3 Å². The van der Waals surface area contributed by atoms with Crippen molar-refractivity contribution in [3.05, 3.63) is 48.3 Å². The van der Waals surface area contributed by atoms with Crippen LogP contribution in [0, 0.1) is 0 Å². The van der Waals surface area contributed by atoms with Gasteiger partial charge in [0.15, 0.2) is 0 Å². The van der Waals surface area contributed by atoms with Crippen molar-refractivity contribution in [2.75, 3.05) is 6.54 Å². The molecule has 0 bridgehead atoms. The van der Waals surface area contributed by atoms with Crippen molar-refractivity contribution in [3.8, 4) is 5.69 Å². The fraction of sp³-hybridized carbons (Fsp3) is 0.312. The predicted molar refractivity (Wildman–Crippen MR) is 82.0 cm³/mol. The van der Waals surface area contributed by atoms with Crippen LogP contribution in [0.25, 0.3) is 5.69 Å². The van der Waals surface area contributed by atoms with Crippen LogP contribution in [0.4, 0.5) is 0 Å². The monoisotopic (exact) mass is 301 g/mol. The smallest absolute Gasteiger partial charge is 0.303 e. The van der Waals surface area contributed by atoms with Crippen LogP contribution >= 0.6 is 0 Å². The van der Waals surface area contributed by atoms with Crippen LogP contribution in [0.5, 0.6) is 0 Å². The molecule has 0 aliphatic rings. The van der Waals surface area contributed by atoms with E-state index in [-0.39, 0.29) is 12.3 Å². The molecule has 0 radical (unpaired) electrons. The molecule has 2 rings (SSSR count). The molecule has 0 aliphatic heterocycles. The summed E-state index contributed by atoms with van der Waals surface area (Å²) >= 11 is 0. The average molecular weight is 301 g/mol. The van der Waals surface area contributed by atoms with Crippen LogP contribution in [0.2, 0.25) is 0 Å². The molecule has 0 saturated heterocycles. The average Bonchev–Trinajstić information content (AvgIpc) is 3.04. The van der Waals surface area contributed by atoms with Crippen molar-refractivity contribution in [1.29, 1.82) is 0 Å². The molecule has 2 aromatic rings. The van der Waals surface area contributed by atoms with Crippen LogP contribution in [0.1, 0.15) is 36.0 Å². The zero-order valence-electron chi connectivity index (χ0n) is 12.2. The molecule has 0 fully saturated rings. The van der Waals surface area contributed by atoms with E-state index in [9.17, 15) is 9.59 Å². The quantitative estimate of drug-likeness (QED) is 0.732. The second-order valence-electron chi connectivity index (χ2n) is 4.93. The Labute approximate surface area is 128 Å². The summed E-state index contributed by atoms with van der Waals surface area (Å²) in [6.07, 6.45) is 5.82. The van der Waals surface area contributed by atoms with Crippen molar-refractivity contribution in [2.24, 2.45) is 0 Å². The topological polar surface area (TPSA) is 84.2 Å². The van der Waals surface area contributed by atoms with E-state index < -0.39 is 5.97 Å². The maximum absolute atomic E-state index is 12.3. The summed E-state index contributed by atoms with van der Waals surface area (Å²) in [4.78, 5) is 22.7. The maximum atomic E-state index is 12.3. The van der Waals surface area contributed by atoms with Gasteiger partial charge in [-0.25, -0.2) is 4.68 Å². The van der Waals surface area contributed by atoms with Crippen LogP contribution in [0.15, 0.2) is 42.7 Å². The number of hydrogen-bond donors (Lipinski definition) is 2. The second kappa shape index (κ2) is 7.97. The number of nitrogens with zero attached hydrogens (tertiary/aromatic N) is 2. The summed E-state index contributed by atoms with van der Waals surface area (Å²) < 4.78 is 1.65. The molecule has 1 aromatic carbocycles. The molecular formula is C16H19N3O3. The lowest BCUT2D eigenvalue weighted by molar-refractivity contribution is -0.137. The fourth-order valence-corrected chi connectivity index (χ4v) is 2.15. The summed E-state index contributed by atoms with van der Waals surface area (Å²) in [5.74, 6) is -0.929. The van der Waals surface area contributed by atoms with Crippen molar-refractivity contribution in [3.63, 3.8) is 0 Å². The van der Waals surface area contributed by atoms with Crippen LogP contribution in [0.3, 0.4) is 0 Å². The standard InChI is InChI=1S/C16H19N3O3/c20-15(21)9-2-1-5-10-17-16(22)13-7-3-4-8-14(13)19-12-6-11-18-19/h3-4,6-8,11-12H,1-2,5,9-10H2,(H,17,22)(H,20,21). The second-order valence-corrected chi connectivity index (χ2v) is 4.93. The Bertz CT molecular complexity index is 623. The first-order chi connectivity index (χ1) is 10.7. The highest BCUT2D eigenvalue weighted by molar-refractivity contribution is 5.97. The zero-order chi connectivity index (χ0) is 15.8. The summed E-state index contributed by atoms with van der Waals surface area (Å²) in [7, 11) is 0. The first kappa shape index (κ1) is 15.8. The number of aliphatic carboxylic acids is 1. The van der Waals surface area contributed by atoms with Gasteiger partial charge in [-0.05, 0) is 31.0 Å². The molecule has 116 valence electrons. The molecule has 0 unspecified atom stereocenters. The van der Waals surface area contributed by atoms with E-state index >= 15 is 0 Å². The Morgan fingerprint density at radius 2 is 1.95 bits per heavy atom. The lowest BCUT2D eigenvalue weighted by Gasteiger charge is -2.10. The summed E-state index contributed by atoms with van der Waals surface area (Å²) in [5, 5.41) is 15.6. The van der Waals surface area contributed by atoms with Crippen LogP contribution in [-0.2, 0) is 4.79 Å². The van der Waals surface area contributed by atoms with Gasteiger partial charge in [0.25, 0.3) is 5.91 Å².